The Balaban J connectivity index is 1.57. The summed E-state index contributed by atoms with van der Waals surface area (Å²) >= 11 is 0. The summed E-state index contributed by atoms with van der Waals surface area (Å²) < 4.78 is 0. The van der Waals surface area contributed by atoms with Crippen molar-refractivity contribution in [3.8, 4) is 6.07 Å². The van der Waals surface area contributed by atoms with Crippen LogP contribution in [0.25, 0.3) is 0 Å². The Labute approximate surface area is 143 Å². The lowest BCUT2D eigenvalue weighted by Crippen LogP contribution is -2.45. The molecule has 1 amide bonds. The standard InChI is InChI=1S/C18H25N5O/c1-13-8-15(10-19)9-17(22-13)23-7-3-4-14(12-23)11-21-18(24)16-5-2-6-20-16/h8-9,14,16,20H,2-7,11-12H2,1H3,(H,21,24). The SMILES string of the molecule is Cc1cc(C#N)cc(N2CCCC(CNC(=O)C3CCCN3)C2)n1. The van der Waals surface area contributed by atoms with Gasteiger partial charge in [0, 0.05) is 25.3 Å². The number of aromatic nitrogens is 1. The third-order valence-electron chi connectivity index (χ3n) is 4.85. The minimum Gasteiger partial charge on any atom is -0.356 e. The van der Waals surface area contributed by atoms with Crippen molar-refractivity contribution in [2.24, 2.45) is 5.92 Å². The van der Waals surface area contributed by atoms with E-state index in [2.05, 4.69) is 26.6 Å². The van der Waals surface area contributed by atoms with Crippen molar-refractivity contribution in [1.82, 2.24) is 15.6 Å². The van der Waals surface area contributed by atoms with Gasteiger partial charge in [0.25, 0.3) is 0 Å². The van der Waals surface area contributed by atoms with E-state index in [1.54, 1.807) is 6.07 Å². The smallest absolute Gasteiger partial charge is 0.237 e. The van der Waals surface area contributed by atoms with Crippen LogP contribution in [0.2, 0.25) is 0 Å². The maximum absolute atomic E-state index is 12.1. The molecule has 2 aliphatic rings. The monoisotopic (exact) mass is 327 g/mol. The van der Waals surface area contributed by atoms with Gasteiger partial charge in [-0.05, 0) is 57.2 Å². The van der Waals surface area contributed by atoms with Crippen molar-refractivity contribution in [1.29, 1.82) is 5.26 Å². The molecular weight excluding hydrogens is 302 g/mol. The number of anilines is 1. The molecule has 0 spiro atoms. The topological polar surface area (TPSA) is 81.0 Å². The number of aryl methyl sites for hydroxylation is 1. The van der Waals surface area contributed by atoms with Crippen molar-refractivity contribution in [3.63, 3.8) is 0 Å². The molecule has 24 heavy (non-hydrogen) atoms. The zero-order valence-corrected chi connectivity index (χ0v) is 14.2. The van der Waals surface area contributed by atoms with E-state index in [1.165, 1.54) is 0 Å². The molecule has 6 heteroatoms. The fourth-order valence-electron chi connectivity index (χ4n) is 3.59. The Morgan fingerprint density at radius 1 is 1.46 bits per heavy atom. The Morgan fingerprint density at radius 3 is 3.08 bits per heavy atom. The molecule has 0 aromatic carbocycles. The molecule has 2 N–H and O–H groups in total. The number of nitrogens with one attached hydrogen (secondary N) is 2. The first-order valence-corrected chi connectivity index (χ1v) is 8.80. The second-order valence-corrected chi connectivity index (χ2v) is 6.82. The zero-order chi connectivity index (χ0) is 16.9. The van der Waals surface area contributed by atoms with E-state index in [4.69, 9.17) is 5.26 Å². The number of rotatable bonds is 4. The Kier molecular flexibility index (Phi) is 5.31. The Bertz CT molecular complexity index is 633. The van der Waals surface area contributed by atoms with Crippen LogP contribution in [-0.2, 0) is 4.79 Å². The van der Waals surface area contributed by atoms with E-state index < -0.39 is 0 Å². The maximum Gasteiger partial charge on any atom is 0.237 e. The summed E-state index contributed by atoms with van der Waals surface area (Å²) in [7, 11) is 0. The molecule has 2 aliphatic heterocycles. The lowest BCUT2D eigenvalue weighted by molar-refractivity contribution is -0.122. The highest BCUT2D eigenvalue weighted by Gasteiger charge is 2.25. The van der Waals surface area contributed by atoms with E-state index >= 15 is 0 Å². The van der Waals surface area contributed by atoms with Gasteiger partial charge in [0.05, 0.1) is 17.7 Å². The van der Waals surface area contributed by atoms with Crippen LogP contribution in [0.1, 0.15) is 36.9 Å². The van der Waals surface area contributed by atoms with Crippen LogP contribution in [0.3, 0.4) is 0 Å². The van der Waals surface area contributed by atoms with Gasteiger partial charge in [0.1, 0.15) is 5.82 Å². The van der Waals surface area contributed by atoms with Crippen LogP contribution in [0.4, 0.5) is 5.82 Å². The summed E-state index contributed by atoms with van der Waals surface area (Å²) in [6, 6.07) is 5.85. The molecule has 2 fully saturated rings. The largest absolute Gasteiger partial charge is 0.356 e. The number of nitriles is 1. The number of pyridine rings is 1. The van der Waals surface area contributed by atoms with Gasteiger partial charge < -0.3 is 15.5 Å². The summed E-state index contributed by atoms with van der Waals surface area (Å²) in [4.78, 5) is 18.9. The summed E-state index contributed by atoms with van der Waals surface area (Å²) in [6.45, 7) is 5.40. The van der Waals surface area contributed by atoms with Gasteiger partial charge in [-0.1, -0.05) is 0 Å². The van der Waals surface area contributed by atoms with Crippen LogP contribution in [0, 0.1) is 24.2 Å². The first-order valence-electron chi connectivity index (χ1n) is 8.80. The molecular formula is C18H25N5O. The lowest BCUT2D eigenvalue weighted by Gasteiger charge is -2.34. The summed E-state index contributed by atoms with van der Waals surface area (Å²) in [6.07, 6.45) is 4.22. The van der Waals surface area contributed by atoms with Crippen LogP contribution < -0.4 is 15.5 Å². The van der Waals surface area contributed by atoms with Gasteiger partial charge in [0.15, 0.2) is 0 Å². The van der Waals surface area contributed by atoms with E-state index in [1.807, 2.05) is 13.0 Å². The van der Waals surface area contributed by atoms with Gasteiger partial charge in [-0.15, -0.1) is 0 Å². The number of piperidine rings is 1. The Morgan fingerprint density at radius 2 is 2.33 bits per heavy atom. The van der Waals surface area contributed by atoms with Gasteiger partial charge in [-0.3, -0.25) is 4.79 Å². The molecule has 1 aromatic heterocycles. The number of hydrogen-bond acceptors (Lipinski definition) is 5. The highest BCUT2D eigenvalue weighted by Crippen LogP contribution is 2.22. The molecule has 6 nitrogen and oxygen atoms in total. The van der Waals surface area contributed by atoms with Crippen LogP contribution >= 0.6 is 0 Å². The fourth-order valence-corrected chi connectivity index (χ4v) is 3.59. The molecule has 0 saturated carbocycles. The van der Waals surface area contributed by atoms with Crippen molar-refractivity contribution < 1.29 is 4.79 Å². The minimum absolute atomic E-state index is 0.0127. The van der Waals surface area contributed by atoms with Crippen molar-refractivity contribution in [2.75, 3.05) is 31.1 Å². The lowest BCUT2D eigenvalue weighted by atomic mass is 9.97. The first-order chi connectivity index (χ1) is 11.7. The summed E-state index contributed by atoms with van der Waals surface area (Å²) in [5, 5.41) is 15.5. The van der Waals surface area contributed by atoms with Gasteiger partial charge >= 0.3 is 0 Å². The molecule has 2 atom stereocenters. The average Bonchev–Trinajstić information content (AvgIpc) is 3.14. The van der Waals surface area contributed by atoms with Gasteiger partial charge in [-0.25, -0.2) is 4.98 Å². The number of amides is 1. The number of nitrogens with zero attached hydrogens (tertiary/aromatic N) is 3. The Hall–Kier alpha value is -2.13. The van der Waals surface area contributed by atoms with Crippen LogP contribution in [0.15, 0.2) is 12.1 Å². The predicted molar refractivity (Wildman–Crippen MR) is 92.7 cm³/mol. The highest BCUT2D eigenvalue weighted by molar-refractivity contribution is 5.82. The molecule has 128 valence electrons. The van der Waals surface area contributed by atoms with E-state index in [0.29, 0.717) is 18.0 Å². The van der Waals surface area contributed by atoms with Crippen molar-refractivity contribution in [2.45, 2.75) is 38.6 Å². The maximum atomic E-state index is 12.1. The average molecular weight is 327 g/mol. The highest BCUT2D eigenvalue weighted by atomic mass is 16.2. The van der Waals surface area contributed by atoms with Crippen LogP contribution in [0.5, 0.6) is 0 Å². The summed E-state index contributed by atoms with van der Waals surface area (Å²) in [5.41, 5.74) is 1.52. The van der Waals surface area contributed by atoms with Crippen LogP contribution in [-0.4, -0.2) is 43.1 Å². The van der Waals surface area contributed by atoms with Crippen molar-refractivity contribution in [3.05, 3.63) is 23.4 Å². The first kappa shape index (κ1) is 16.7. The predicted octanol–water partition coefficient (Wildman–Crippen LogP) is 1.35. The molecule has 0 aliphatic carbocycles. The third kappa shape index (κ3) is 4.04. The van der Waals surface area contributed by atoms with E-state index in [0.717, 1.165) is 56.8 Å². The van der Waals surface area contributed by atoms with E-state index in [-0.39, 0.29) is 11.9 Å². The molecule has 1 aromatic rings. The van der Waals surface area contributed by atoms with Crippen molar-refractivity contribution >= 4 is 11.7 Å². The molecule has 2 saturated heterocycles. The number of carbonyl (C=O) groups is 1. The van der Waals surface area contributed by atoms with Gasteiger partial charge in [-0.2, -0.15) is 5.26 Å². The molecule has 3 heterocycles. The van der Waals surface area contributed by atoms with E-state index in [9.17, 15) is 4.79 Å². The fraction of sp³-hybridized carbons (Fsp3) is 0.611. The third-order valence-corrected chi connectivity index (χ3v) is 4.85. The quantitative estimate of drug-likeness (QED) is 0.872. The second kappa shape index (κ2) is 7.63. The molecule has 0 radical (unpaired) electrons. The zero-order valence-electron chi connectivity index (χ0n) is 14.2. The van der Waals surface area contributed by atoms with Gasteiger partial charge in [0.2, 0.25) is 5.91 Å². The second-order valence-electron chi connectivity index (χ2n) is 6.82. The molecule has 0 bridgehead atoms. The number of hydrogen-bond donors (Lipinski definition) is 2. The normalized spacial score (nSPS) is 23.8. The molecule has 2 unspecified atom stereocenters. The number of carbonyl (C=O) groups excluding carboxylic acids is 1. The summed E-state index contributed by atoms with van der Waals surface area (Å²) in [5.74, 6) is 1.43. The minimum atomic E-state index is -0.0127. The molecule has 3 rings (SSSR count).